The third kappa shape index (κ3) is 2.77. The zero-order chi connectivity index (χ0) is 14.7. The molecule has 0 saturated heterocycles. The topological polar surface area (TPSA) is 99.2 Å². The molecule has 0 bridgehead atoms. The van der Waals surface area contributed by atoms with Crippen LogP contribution in [0.2, 0.25) is 0 Å². The predicted molar refractivity (Wildman–Crippen MR) is 78.3 cm³/mol. The molecule has 2 aromatic carbocycles. The molecule has 5 nitrogen and oxygen atoms in total. The second-order valence-corrected chi connectivity index (χ2v) is 4.42. The van der Waals surface area contributed by atoms with Gasteiger partial charge in [0.2, 0.25) is 0 Å². The number of aromatic hydroxyl groups is 1. The maximum atomic E-state index is 12.1. The molecule has 0 fully saturated rings. The van der Waals surface area contributed by atoms with Crippen molar-refractivity contribution in [3.63, 3.8) is 0 Å². The highest BCUT2D eigenvalue weighted by molar-refractivity contribution is 6.06. The number of carbonyl (C=O) groups is 1. The van der Waals surface area contributed by atoms with Crippen LogP contribution in [0.3, 0.4) is 0 Å². The third-order valence-corrected chi connectivity index (χ3v) is 2.94. The van der Waals surface area contributed by atoms with Crippen LogP contribution in [-0.2, 0) is 0 Å². The summed E-state index contributed by atoms with van der Waals surface area (Å²) in [5, 5.41) is 19.8. The lowest BCUT2D eigenvalue weighted by Gasteiger charge is -2.08. The molecule has 0 heterocycles. The zero-order valence-electron chi connectivity index (χ0n) is 11.0. The molecule has 5 heteroatoms. The van der Waals surface area contributed by atoms with Crippen molar-refractivity contribution in [1.29, 1.82) is 5.41 Å². The number of amidine groups is 1. The van der Waals surface area contributed by atoms with E-state index in [1.807, 2.05) is 0 Å². The SMILES string of the molecule is Cc1cccc(C(=O)Nc2ccc(C(=N)N)cc2)c1O. The third-order valence-electron chi connectivity index (χ3n) is 2.94. The lowest BCUT2D eigenvalue weighted by atomic mass is 10.1. The number of phenolic OH excluding ortho intramolecular Hbond substituents is 1. The van der Waals surface area contributed by atoms with E-state index < -0.39 is 0 Å². The van der Waals surface area contributed by atoms with Crippen LogP contribution in [0, 0.1) is 12.3 Å². The second kappa shape index (κ2) is 5.44. The summed E-state index contributed by atoms with van der Waals surface area (Å²) in [5.74, 6) is -0.439. The van der Waals surface area contributed by atoms with Crippen LogP contribution in [-0.4, -0.2) is 16.8 Å². The maximum Gasteiger partial charge on any atom is 0.259 e. The predicted octanol–water partition coefficient (Wildman–Crippen LogP) is 2.24. The number of hydrogen-bond donors (Lipinski definition) is 4. The fourth-order valence-corrected chi connectivity index (χ4v) is 1.77. The van der Waals surface area contributed by atoms with Crippen molar-refractivity contribution in [2.75, 3.05) is 5.32 Å². The van der Waals surface area contributed by atoms with Crippen LogP contribution >= 0.6 is 0 Å². The van der Waals surface area contributed by atoms with Crippen LogP contribution in [0.25, 0.3) is 0 Å². The van der Waals surface area contributed by atoms with Crippen molar-refractivity contribution in [2.45, 2.75) is 6.92 Å². The summed E-state index contributed by atoms with van der Waals surface area (Å²) >= 11 is 0. The first kappa shape index (κ1) is 13.6. The van der Waals surface area contributed by atoms with Crippen LogP contribution in [0.15, 0.2) is 42.5 Å². The summed E-state index contributed by atoms with van der Waals surface area (Å²) in [6, 6.07) is 11.6. The Kier molecular flexibility index (Phi) is 3.70. The van der Waals surface area contributed by atoms with Crippen LogP contribution in [0.4, 0.5) is 5.69 Å². The largest absolute Gasteiger partial charge is 0.507 e. The van der Waals surface area contributed by atoms with E-state index in [9.17, 15) is 9.90 Å². The first-order valence-corrected chi connectivity index (χ1v) is 6.03. The van der Waals surface area contributed by atoms with E-state index in [-0.39, 0.29) is 23.1 Å². The Morgan fingerprint density at radius 1 is 1.20 bits per heavy atom. The fourth-order valence-electron chi connectivity index (χ4n) is 1.77. The summed E-state index contributed by atoms with van der Waals surface area (Å²) in [4.78, 5) is 12.1. The van der Waals surface area contributed by atoms with Crippen molar-refractivity contribution >= 4 is 17.4 Å². The molecule has 0 saturated carbocycles. The van der Waals surface area contributed by atoms with E-state index in [0.29, 0.717) is 16.8 Å². The minimum Gasteiger partial charge on any atom is -0.507 e. The Morgan fingerprint density at radius 2 is 1.85 bits per heavy atom. The number of nitrogens with two attached hydrogens (primary N) is 1. The van der Waals surface area contributed by atoms with Crippen LogP contribution in [0.1, 0.15) is 21.5 Å². The Morgan fingerprint density at radius 3 is 2.45 bits per heavy atom. The Bertz CT molecular complexity index is 663. The van der Waals surface area contributed by atoms with E-state index in [0.717, 1.165) is 0 Å². The number of carbonyl (C=O) groups excluding carboxylic acids is 1. The van der Waals surface area contributed by atoms with Crippen LogP contribution < -0.4 is 11.1 Å². The maximum absolute atomic E-state index is 12.1. The standard InChI is InChI=1S/C15H15N3O2/c1-9-3-2-4-12(13(9)19)15(20)18-11-7-5-10(6-8-11)14(16)17/h2-8,19H,1H3,(H3,16,17)(H,18,20). The number of hydrogen-bond acceptors (Lipinski definition) is 3. The van der Waals surface area contributed by atoms with Gasteiger partial charge in [-0.05, 0) is 42.8 Å². The minimum absolute atomic E-state index is 0.0228. The molecule has 0 aliphatic carbocycles. The molecule has 1 amide bonds. The lowest BCUT2D eigenvalue weighted by molar-refractivity contribution is 0.102. The molecule has 0 aromatic heterocycles. The van der Waals surface area contributed by atoms with E-state index >= 15 is 0 Å². The number of para-hydroxylation sites is 1. The van der Waals surface area contributed by atoms with Gasteiger partial charge in [0, 0.05) is 11.3 Å². The summed E-state index contributed by atoms with van der Waals surface area (Å²) in [7, 11) is 0. The summed E-state index contributed by atoms with van der Waals surface area (Å²) < 4.78 is 0. The molecule has 0 spiro atoms. The second-order valence-electron chi connectivity index (χ2n) is 4.42. The van der Waals surface area contributed by atoms with Crippen molar-refractivity contribution in [2.24, 2.45) is 5.73 Å². The van der Waals surface area contributed by atoms with E-state index in [4.69, 9.17) is 11.1 Å². The first-order valence-electron chi connectivity index (χ1n) is 6.03. The number of aryl methyl sites for hydroxylation is 1. The van der Waals surface area contributed by atoms with Crippen molar-refractivity contribution in [3.05, 3.63) is 59.2 Å². The molecule has 2 rings (SSSR count). The van der Waals surface area contributed by atoms with Gasteiger partial charge in [-0.2, -0.15) is 0 Å². The van der Waals surface area contributed by atoms with Gasteiger partial charge in [-0.25, -0.2) is 0 Å². The highest BCUT2D eigenvalue weighted by Crippen LogP contribution is 2.22. The minimum atomic E-state index is -0.387. The van der Waals surface area contributed by atoms with Crippen molar-refractivity contribution in [1.82, 2.24) is 0 Å². The quantitative estimate of drug-likeness (QED) is 0.508. The fraction of sp³-hybridized carbons (Fsp3) is 0.0667. The van der Waals surface area contributed by atoms with Gasteiger partial charge in [-0.15, -0.1) is 0 Å². The monoisotopic (exact) mass is 269 g/mol. The molecular formula is C15H15N3O2. The number of rotatable bonds is 3. The molecule has 0 atom stereocenters. The van der Waals surface area contributed by atoms with Crippen molar-refractivity contribution < 1.29 is 9.90 Å². The Hall–Kier alpha value is -2.82. The van der Waals surface area contributed by atoms with Gasteiger partial charge in [0.1, 0.15) is 11.6 Å². The normalized spacial score (nSPS) is 10.1. The van der Waals surface area contributed by atoms with Gasteiger partial charge in [0.25, 0.3) is 5.91 Å². The van der Waals surface area contributed by atoms with E-state index in [1.54, 1.807) is 49.4 Å². The number of amides is 1. The lowest BCUT2D eigenvalue weighted by Crippen LogP contribution is -2.13. The number of anilines is 1. The molecule has 2 aromatic rings. The number of nitrogens with one attached hydrogen (secondary N) is 2. The highest BCUT2D eigenvalue weighted by Gasteiger charge is 2.12. The van der Waals surface area contributed by atoms with Gasteiger partial charge < -0.3 is 16.2 Å². The Labute approximate surface area is 116 Å². The molecule has 0 aliphatic heterocycles. The first-order chi connectivity index (χ1) is 9.49. The molecule has 5 N–H and O–H groups in total. The van der Waals surface area contributed by atoms with Crippen LogP contribution in [0.5, 0.6) is 5.75 Å². The molecule has 0 radical (unpaired) electrons. The van der Waals surface area contributed by atoms with Crippen molar-refractivity contribution in [3.8, 4) is 5.75 Å². The number of benzene rings is 2. The summed E-state index contributed by atoms with van der Waals surface area (Å²) in [6.07, 6.45) is 0. The summed E-state index contributed by atoms with van der Waals surface area (Å²) in [5.41, 5.74) is 7.38. The number of phenols is 1. The average Bonchev–Trinajstić information content (AvgIpc) is 2.42. The average molecular weight is 269 g/mol. The van der Waals surface area contributed by atoms with E-state index in [1.165, 1.54) is 0 Å². The zero-order valence-corrected chi connectivity index (χ0v) is 11.0. The van der Waals surface area contributed by atoms with Gasteiger partial charge >= 0.3 is 0 Å². The van der Waals surface area contributed by atoms with Gasteiger partial charge in [0.05, 0.1) is 5.56 Å². The number of nitrogen functional groups attached to an aromatic ring is 1. The molecule has 102 valence electrons. The molecule has 20 heavy (non-hydrogen) atoms. The molecular weight excluding hydrogens is 254 g/mol. The summed E-state index contributed by atoms with van der Waals surface area (Å²) in [6.45, 7) is 1.73. The van der Waals surface area contributed by atoms with Gasteiger partial charge in [0.15, 0.2) is 0 Å². The van der Waals surface area contributed by atoms with E-state index in [2.05, 4.69) is 5.32 Å². The van der Waals surface area contributed by atoms with Gasteiger partial charge in [-0.1, -0.05) is 12.1 Å². The van der Waals surface area contributed by atoms with Gasteiger partial charge in [-0.3, -0.25) is 10.2 Å². The highest BCUT2D eigenvalue weighted by atomic mass is 16.3. The smallest absolute Gasteiger partial charge is 0.259 e. The molecule has 0 aliphatic rings. The molecule has 0 unspecified atom stereocenters. The Balaban J connectivity index is 2.19.